The molecule has 0 spiro atoms. The predicted molar refractivity (Wildman–Crippen MR) is 347 cm³/mol. The molecule has 22 heteroatoms. The van der Waals surface area contributed by atoms with Gasteiger partial charge in [-0.25, -0.2) is 13.6 Å². The van der Waals surface area contributed by atoms with Gasteiger partial charge in [0.25, 0.3) is 0 Å². The van der Waals surface area contributed by atoms with Gasteiger partial charge >= 0.3 is 18.0 Å². The van der Waals surface area contributed by atoms with Crippen LogP contribution in [0.3, 0.4) is 0 Å². The number of nitrogens with zero attached hydrogens (tertiary/aromatic N) is 5. The lowest BCUT2D eigenvalue weighted by molar-refractivity contribution is -0.181. The first-order chi connectivity index (χ1) is 45.0. The molecular formula is C72H86F2N6O14. The number of esters is 2. The van der Waals surface area contributed by atoms with Gasteiger partial charge in [-0.05, 0) is 137 Å². The van der Waals surface area contributed by atoms with Gasteiger partial charge in [-0.3, -0.25) is 19.2 Å². The number of anilines is 4. The van der Waals surface area contributed by atoms with E-state index in [1.807, 2.05) is 35.2 Å². The predicted octanol–water partition coefficient (Wildman–Crippen LogP) is 9.70. The number of aliphatic hydroxyl groups is 2. The van der Waals surface area contributed by atoms with Gasteiger partial charge in [-0.1, -0.05) is 51.8 Å². The number of aliphatic hydroxyl groups excluding tert-OH is 1. The number of amides is 1. The number of benzene rings is 2. The average molecular weight is 1300 g/mol. The third-order valence-electron chi connectivity index (χ3n) is 22.6. The number of nitrogens with one attached hydrogen (secondary N) is 1. The summed E-state index contributed by atoms with van der Waals surface area (Å²) in [5.41, 5.74) is 2.94. The summed E-state index contributed by atoms with van der Waals surface area (Å²) in [6.07, 6.45) is 14.6. The number of piperidine rings is 1. The van der Waals surface area contributed by atoms with E-state index in [1.54, 1.807) is 32.3 Å². The van der Waals surface area contributed by atoms with Crippen molar-refractivity contribution in [1.82, 2.24) is 10.2 Å². The quantitative estimate of drug-likeness (QED) is 0.0638. The highest BCUT2D eigenvalue weighted by Gasteiger charge is 2.68. The van der Waals surface area contributed by atoms with E-state index in [0.29, 0.717) is 94.1 Å². The van der Waals surface area contributed by atoms with Crippen LogP contribution in [-0.4, -0.2) is 154 Å². The molecule has 0 bridgehead atoms. The van der Waals surface area contributed by atoms with Gasteiger partial charge in [0.05, 0.1) is 44.5 Å². The molecule has 2 aromatic rings. The lowest BCUT2D eigenvalue weighted by atomic mass is 9.46. The minimum atomic E-state index is -1.85. The van der Waals surface area contributed by atoms with Gasteiger partial charge in [0.1, 0.15) is 28.5 Å². The molecule has 502 valence electrons. The van der Waals surface area contributed by atoms with E-state index in [0.717, 1.165) is 62.9 Å². The molecule has 5 heterocycles. The second-order valence-corrected chi connectivity index (χ2v) is 27.9. The van der Waals surface area contributed by atoms with E-state index in [2.05, 4.69) is 48.4 Å². The number of Topliss-reactive ketones (excluding diaryl/α,β-unsaturated/α-hetero) is 1. The zero-order valence-corrected chi connectivity index (χ0v) is 54.4. The highest BCUT2D eigenvalue weighted by molar-refractivity contribution is 6.01. The van der Waals surface area contributed by atoms with Crippen LogP contribution in [0.5, 0.6) is 11.5 Å². The number of carbonyl (C=O) groups excluding carboxylic acids is 5. The van der Waals surface area contributed by atoms with Crippen LogP contribution in [0.25, 0.3) is 11.1 Å². The highest BCUT2D eigenvalue weighted by atomic mass is 19.1. The Bertz CT molecular complexity index is 3670. The fraction of sp³-hybridized carbons (Fsp3) is 0.542. The molecule has 0 aromatic heterocycles. The monoisotopic (exact) mass is 1300 g/mol. The van der Waals surface area contributed by atoms with Crippen molar-refractivity contribution in [1.29, 1.82) is 0 Å². The summed E-state index contributed by atoms with van der Waals surface area (Å²) in [4.78, 5) is 74.6. The molecule has 20 nitrogen and oxygen atoms in total. The van der Waals surface area contributed by atoms with Crippen molar-refractivity contribution in [3.63, 3.8) is 0 Å². The van der Waals surface area contributed by atoms with Gasteiger partial charge in [0.15, 0.2) is 35.5 Å². The Morgan fingerprint density at radius 2 is 1.34 bits per heavy atom. The number of ketones is 2. The summed E-state index contributed by atoms with van der Waals surface area (Å²) in [5.74, 6) is -1.96. The van der Waals surface area contributed by atoms with Gasteiger partial charge in [0.2, 0.25) is 19.4 Å². The molecular weight excluding hydrogens is 1210 g/mol. The van der Waals surface area contributed by atoms with Crippen molar-refractivity contribution >= 4 is 63.5 Å². The SMILES string of the molecule is C=C(OCOC(=C)C1=CN(C2CC2)c2c(cc(F)c(N3CCN(C(=O)OCOC(=O)CCC(=O)OCC(=O)[C@@]4(O)CCC5C6CCC7=CC(=O)C=C[C@]7(C)C6[C@@H](O)C[C@@]54C)C(C)C3)c2OC)C1=C)C1=CN(C2CC2)c2c(cc(F)c(N3CC4CCCNC4C3)c2OC)C1=C. The smallest absolute Gasteiger partial charge is 0.413 e. The Hall–Kier alpha value is -7.95. The van der Waals surface area contributed by atoms with Crippen molar-refractivity contribution in [2.45, 2.75) is 140 Å². The summed E-state index contributed by atoms with van der Waals surface area (Å²) >= 11 is 0. The van der Waals surface area contributed by atoms with Gasteiger partial charge in [0, 0.05) is 108 Å². The second kappa shape index (κ2) is 25.0. The number of allylic oxidation sites excluding steroid dienone is 6. The number of halogens is 2. The lowest BCUT2D eigenvalue weighted by Crippen LogP contribution is -2.61. The molecule has 3 N–H and O–H groups in total. The molecule has 8 fully saturated rings. The van der Waals surface area contributed by atoms with Crippen molar-refractivity contribution in [3.8, 4) is 11.5 Å². The van der Waals surface area contributed by atoms with E-state index < -0.39 is 84.5 Å². The van der Waals surface area contributed by atoms with E-state index in [9.17, 15) is 34.2 Å². The number of ether oxygens (including phenoxy) is 7. The Morgan fingerprint density at radius 1 is 0.745 bits per heavy atom. The maximum atomic E-state index is 16.9. The molecule has 1 amide bonds. The molecule has 11 aliphatic rings. The number of methoxy groups -OCH3 is 2. The highest BCUT2D eigenvalue weighted by Crippen LogP contribution is 2.67. The zero-order chi connectivity index (χ0) is 66.4. The van der Waals surface area contributed by atoms with Crippen LogP contribution >= 0.6 is 0 Å². The minimum Gasteiger partial charge on any atom is -0.492 e. The van der Waals surface area contributed by atoms with Crippen LogP contribution < -0.4 is 34.4 Å². The van der Waals surface area contributed by atoms with Crippen LogP contribution in [0.2, 0.25) is 0 Å². The number of hydrogen-bond acceptors (Lipinski definition) is 19. The Balaban J connectivity index is 0.581. The van der Waals surface area contributed by atoms with Crippen molar-refractivity contribution in [2.24, 2.45) is 34.5 Å². The maximum Gasteiger partial charge on any atom is 0.413 e. The number of rotatable bonds is 20. The van der Waals surface area contributed by atoms with Crippen molar-refractivity contribution in [3.05, 3.63) is 120 Å². The van der Waals surface area contributed by atoms with E-state index in [-0.39, 0.29) is 97.9 Å². The molecule has 13 rings (SSSR count). The molecule has 2 aromatic carbocycles. The third-order valence-corrected chi connectivity index (χ3v) is 22.6. The first-order valence-electron chi connectivity index (χ1n) is 33.2. The number of fused-ring (bicyclic) bond motifs is 8. The van der Waals surface area contributed by atoms with Crippen molar-refractivity contribution in [2.75, 3.05) is 93.3 Å². The van der Waals surface area contributed by atoms with E-state index in [1.165, 1.54) is 18.1 Å². The minimum absolute atomic E-state index is 0.000976. The third kappa shape index (κ3) is 11.2. The molecule has 10 atom stereocenters. The van der Waals surface area contributed by atoms with Crippen LogP contribution in [0.15, 0.2) is 97.3 Å². The van der Waals surface area contributed by atoms with Gasteiger partial charge in [-0.15, -0.1) is 0 Å². The summed E-state index contributed by atoms with van der Waals surface area (Å²) in [6, 6.07) is 3.03. The largest absolute Gasteiger partial charge is 0.492 e. The fourth-order valence-corrected chi connectivity index (χ4v) is 17.4. The number of carbonyl (C=O) groups is 5. The normalized spacial score (nSPS) is 29.9. The maximum absolute atomic E-state index is 16.9. The first-order valence-corrected chi connectivity index (χ1v) is 33.2. The van der Waals surface area contributed by atoms with Gasteiger partial charge in [-0.2, -0.15) is 0 Å². The average Bonchev–Trinajstić information content (AvgIpc) is 1.39. The summed E-state index contributed by atoms with van der Waals surface area (Å²) in [7, 11) is 3.08. The van der Waals surface area contributed by atoms with Crippen LogP contribution in [0.4, 0.5) is 36.3 Å². The molecule has 6 aliphatic carbocycles. The topological polar surface area (TPSA) is 219 Å². The second-order valence-electron chi connectivity index (χ2n) is 27.9. The number of piperazine rings is 1. The molecule has 5 aliphatic heterocycles. The Labute approximate surface area is 547 Å². The number of hydrogen-bond donors (Lipinski definition) is 3. The fourth-order valence-electron chi connectivity index (χ4n) is 17.4. The van der Waals surface area contributed by atoms with E-state index in [4.69, 9.17) is 33.2 Å². The summed E-state index contributed by atoms with van der Waals surface area (Å²) in [5, 5.41) is 27.4. The van der Waals surface area contributed by atoms with Crippen LogP contribution in [-0.2, 0) is 42.9 Å². The molecule has 5 saturated carbocycles. The molecule has 94 heavy (non-hydrogen) atoms. The van der Waals surface area contributed by atoms with Crippen molar-refractivity contribution < 1.29 is 76.1 Å². The molecule has 6 unspecified atom stereocenters. The Kier molecular flexibility index (Phi) is 17.2. The van der Waals surface area contributed by atoms with Gasteiger partial charge < -0.3 is 73.2 Å². The van der Waals surface area contributed by atoms with Crippen LogP contribution in [0, 0.1) is 46.1 Å². The van der Waals surface area contributed by atoms with Crippen LogP contribution in [0.1, 0.15) is 115 Å². The zero-order valence-electron chi connectivity index (χ0n) is 54.4. The Morgan fingerprint density at radius 3 is 1.93 bits per heavy atom. The van der Waals surface area contributed by atoms with E-state index >= 15 is 8.78 Å². The molecule has 0 radical (unpaired) electrons. The standard InChI is InChI=1S/C72H86F2N6O14/c1-39-31-76(25-26-78(39)69(86)94-38-93-61(85)19-18-60(84)90-36-59(83)72(87)23-21-54-49-17-12-45-27-48(81)20-22-70(45,6)62(49)58(82)30-71(54,72)7)65-55(73)28-50-40(2)52(33-79(46-13-14-46)63(50)67(65)88-8)42(4)91-37-92-43(5)53-34-80(47-15-16-47)64-51(41(53)3)29-56(74)66(68(64)89-9)77-32-44-11-10-24-75-57(44)35-77/h20,22,27-29,33-34,39,44,46-47,49,54,57-58,62,75,82,87H,2-5,10-19,21,23-26,30-32,35-38H2,1,6-9H3/t39?,44?,49?,54?,57?,58-,62?,70-,71-,72-/m0/s1. The lowest BCUT2D eigenvalue weighted by Gasteiger charge is -2.59. The molecule has 3 saturated heterocycles. The summed E-state index contributed by atoms with van der Waals surface area (Å²) < 4.78 is 73.6. The first kappa shape index (κ1) is 64.7. The summed E-state index contributed by atoms with van der Waals surface area (Å²) in [6.45, 7) is 24.1.